The van der Waals surface area contributed by atoms with Crippen LogP contribution in [0.15, 0.2) is 42.5 Å². The minimum absolute atomic E-state index is 0.258. The lowest BCUT2D eigenvalue weighted by atomic mass is 9.98. The third-order valence-electron chi connectivity index (χ3n) is 2.78. The average Bonchev–Trinajstić information content (AvgIpc) is 2.37. The SMILES string of the molecule is N[C@H](c1ccc(OC(F)(F)F)cc1)c1c(F)cccc1F. The minimum atomic E-state index is -4.80. The normalized spacial score (nSPS) is 13.0. The van der Waals surface area contributed by atoms with Gasteiger partial charge in [-0.1, -0.05) is 18.2 Å². The topological polar surface area (TPSA) is 35.2 Å². The van der Waals surface area contributed by atoms with E-state index in [9.17, 15) is 22.0 Å². The highest BCUT2D eigenvalue weighted by Crippen LogP contribution is 2.28. The van der Waals surface area contributed by atoms with E-state index < -0.39 is 29.8 Å². The van der Waals surface area contributed by atoms with Crippen molar-refractivity contribution < 1.29 is 26.7 Å². The molecular weight excluding hydrogens is 293 g/mol. The van der Waals surface area contributed by atoms with Gasteiger partial charge in [0.2, 0.25) is 0 Å². The van der Waals surface area contributed by atoms with E-state index in [0.29, 0.717) is 0 Å². The van der Waals surface area contributed by atoms with Crippen LogP contribution < -0.4 is 10.5 Å². The average molecular weight is 303 g/mol. The van der Waals surface area contributed by atoms with Gasteiger partial charge in [-0.2, -0.15) is 0 Å². The Bertz CT molecular complexity index is 604. The molecule has 0 spiro atoms. The predicted molar refractivity (Wildman–Crippen MR) is 65.5 cm³/mol. The standard InChI is InChI=1S/C14H10F5NO/c15-10-2-1-3-11(16)12(10)13(20)8-4-6-9(7-5-8)21-14(17,18)19/h1-7,13H,20H2/t13-/m1/s1. The van der Waals surface area contributed by atoms with Gasteiger partial charge in [-0.3, -0.25) is 0 Å². The molecule has 0 aliphatic heterocycles. The quantitative estimate of drug-likeness (QED) is 0.873. The van der Waals surface area contributed by atoms with Crippen molar-refractivity contribution in [3.05, 3.63) is 65.2 Å². The molecule has 0 saturated heterocycles. The van der Waals surface area contributed by atoms with Crippen LogP contribution in [0.5, 0.6) is 5.75 Å². The molecule has 2 rings (SSSR count). The molecule has 2 aromatic rings. The molecule has 1 atom stereocenters. The maximum Gasteiger partial charge on any atom is 0.573 e. The molecule has 0 aromatic heterocycles. The molecule has 2 nitrogen and oxygen atoms in total. The Morgan fingerprint density at radius 3 is 1.90 bits per heavy atom. The lowest BCUT2D eigenvalue weighted by Crippen LogP contribution is -2.18. The van der Waals surface area contributed by atoms with Gasteiger partial charge in [0.25, 0.3) is 0 Å². The number of rotatable bonds is 3. The van der Waals surface area contributed by atoms with Crippen LogP contribution in [0.25, 0.3) is 0 Å². The monoisotopic (exact) mass is 303 g/mol. The fraction of sp³-hybridized carbons (Fsp3) is 0.143. The third-order valence-corrected chi connectivity index (χ3v) is 2.78. The zero-order valence-corrected chi connectivity index (χ0v) is 10.5. The van der Waals surface area contributed by atoms with Crippen molar-refractivity contribution in [1.82, 2.24) is 0 Å². The summed E-state index contributed by atoms with van der Waals surface area (Å²) in [6.07, 6.45) is -4.80. The Balaban J connectivity index is 2.26. The molecule has 0 fully saturated rings. The van der Waals surface area contributed by atoms with Gasteiger partial charge >= 0.3 is 6.36 Å². The summed E-state index contributed by atoms with van der Waals surface area (Å²) < 4.78 is 67.0. The van der Waals surface area contributed by atoms with Crippen molar-refractivity contribution in [3.8, 4) is 5.75 Å². The smallest absolute Gasteiger partial charge is 0.406 e. The number of halogens is 5. The summed E-state index contributed by atoms with van der Waals surface area (Å²) in [6, 6.07) is 6.67. The van der Waals surface area contributed by atoms with Crippen LogP contribution in [0.2, 0.25) is 0 Å². The maximum absolute atomic E-state index is 13.6. The molecule has 21 heavy (non-hydrogen) atoms. The summed E-state index contributed by atoms with van der Waals surface area (Å²) >= 11 is 0. The van der Waals surface area contributed by atoms with Crippen molar-refractivity contribution in [2.45, 2.75) is 12.4 Å². The molecule has 0 unspecified atom stereocenters. The highest BCUT2D eigenvalue weighted by molar-refractivity contribution is 5.36. The number of hydrogen-bond acceptors (Lipinski definition) is 2. The maximum atomic E-state index is 13.6. The number of benzene rings is 2. The Hall–Kier alpha value is -2.15. The lowest BCUT2D eigenvalue weighted by Gasteiger charge is -2.15. The first-order valence-electron chi connectivity index (χ1n) is 5.83. The predicted octanol–water partition coefficient (Wildman–Crippen LogP) is 3.91. The van der Waals surface area contributed by atoms with E-state index in [4.69, 9.17) is 5.73 Å². The van der Waals surface area contributed by atoms with E-state index in [-0.39, 0.29) is 11.1 Å². The van der Waals surface area contributed by atoms with Gasteiger partial charge < -0.3 is 10.5 Å². The molecule has 2 aromatic carbocycles. The van der Waals surface area contributed by atoms with Crippen LogP contribution in [0, 0.1) is 11.6 Å². The minimum Gasteiger partial charge on any atom is -0.406 e. The summed E-state index contributed by atoms with van der Waals surface area (Å²) in [5.41, 5.74) is 5.66. The molecular formula is C14H10F5NO. The Morgan fingerprint density at radius 2 is 1.43 bits per heavy atom. The number of alkyl halides is 3. The lowest BCUT2D eigenvalue weighted by molar-refractivity contribution is -0.274. The van der Waals surface area contributed by atoms with Crippen molar-refractivity contribution >= 4 is 0 Å². The fourth-order valence-corrected chi connectivity index (χ4v) is 1.85. The fourth-order valence-electron chi connectivity index (χ4n) is 1.85. The van der Waals surface area contributed by atoms with Crippen molar-refractivity contribution in [2.75, 3.05) is 0 Å². The van der Waals surface area contributed by atoms with Gasteiger partial charge in [0.1, 0.15) is 17.4 Å². The summed E-state index contributed by atoms with van der Waals surface area (Å²) in [5.74, 6) is -2.08. The molecule has 7 heteroatoms. The van der Waals surface area contributed by atoms with Gasteiger partial charge in [0.05, 0.1) is 6.04 Å². The van der Waals surface area contributed by atoms with Crippen LogP contribution in [0.3, 0.4) is 0 Å². The first-order chi connectivity index (χ1) is 9.78. The van der Waals surface area contributed by atoms with E-state index in [2.05, 4.69) is 4.74 Å². The number of nitrogens with two attached hydrogens (primary N) is 1. The molecule has 0 aliphatic carbocycles. The molecule has 0 heterocycles. The van der Waals surface area contributed by atoms with E-state index in [1.165, 1.54) is 18.2 Å². The molecule has 2 N–H and O–H groups in total. The molecule has 0 bridgehead atoms. The summed E-state index contributed by atoms with van der Waals surface area (Å²) in [5, 5.41) is 0. The second kappa shape index (κ2) is 5.69. The highest BCUT2D eigenvalue weighted by Gasteiger charge is 2.31. The van der Waals surface area contributed by atoms with E-state index in [0.717, 1.165) is 24.3 Å². The second-order valence-corrected chi connectivity index (χ2v) is 4.23. The first kappa shape index (κ1) is 15.2. The van der Waals surface area contributed by atoms with Crippen LogP contribution in [-0.2, 0) is 0 Å². The van der Waals surface area contributed by atoms with Crippen LogP contribution in [0.4, 0.5) is 22.0 Å². The Kier molecular flexibility index (Phi) is 4.13. The molecule has 0 aliphatic rings. The van der Waals surface area contributed by atoms with Gasteiger partial charge in [-0.05, 0) is 29.8 Å². The second-order valence-electron chi connectivity index (χ2n) is 4.23. The van der Waals surface area contributed by atoms with Gasteiger partial charge in [0, 0.05) is 5.56 Å². The molecule has 0 saturated carbocycles. The molecule has 0 amide bonds. The summed E-state index contributed by atoms with van der Waals surface area (Å²) in [6.45, 7) is 0. The molecule has 0 radical (unpaired) electrons. The van der Waals surface area contributed by atoms with Gasteiger partial charge in [-0.15, -0.1) is 13.2 Å². The van der Waals surface area contributed by atoms with E-state index >= 15 is 0 Å². The summed E-state index contributed by atoms with van der Waals surface area (Å²) in [4.78, 5) is 0. The Labute approximate surface area is 116 Å². The summed E-state index contributed by atoms with van der Waals surface area (Å²) in [7, 11) is 0. The van der Waals surface area contributed by atoms with Gasteiger partial charge in [0.15, 0.2) is 0 Å². The molecule has 112 valence electrons. The Morgan fingerprint density at radius 1 is 0.905 bits per heavy atom. The zero-order valence-electron chi connectivity index (χ0n) is 10.5. The van der Waals surface area contributed by atoms with Crippen molar-refractivity contribution in [1.29, 1.82) is 0 Å². The highest BCUT2D eigenvalue weighted by atomic mass is 19.4. The first-order valence-corrected chi connectivity index (χ1v) is 5.83. The van der Waals surface area contributed by atoms with Crippen LogP contribution in [-0.4, -0.2) is 6.36 Å². The van der Waals surface area contributed by atoms with Gasteiger partial charge in [-0.25, -0.2) is 8.78 Å². The van der Waals surface area contributed by atoms with Crippen LogP contribution in [0.1, 0.15) is 17.2 Å². The van der Waals surface area contributed by atoms with Crippen molar-refractivity contribution in [2.24, 2.45) is 5.73 Å². The largest absolute Gasteiger partial charge is 0.573 e. The number of hydrogen-bond donors (Lipinski definition) is 1. The number of ether oxygens (including phenoxy) is 1. The zero-order chi connectivity index (χ0) is 15.6. The third kappa shape index (κ3) is 3.69. The van der Waals surface area contributed by atoms with Crippen molar-refractivity contribution in [3.63, 3.8) is 0 Å². The van der Waals surface area contributed by atoms with E-state index in [1.807, 2.05) is 0 Å². The van der Waals surface area contributed by atoms with E-state index in [1.54, 1.807) is 0 Å². The van der Waals surface area contributed by atoms with Crippen LogP contribution >= 0.6 is 0 Å².